The van der Waals surface area contributed by atoms with E-state index in [2.05, 4.69) is 15.3 Å². The van der Waals surface area contributed by atoms with Crippen molar-refractivity contribution in [2.75, 3.05) is 19.6 Å². The number of para-hydroxylation sites is 1. The van der Waals surface area contributed by atoms with Crippen LogP contribution in [-0.4, -0.2) is 50.5 Å². The van der Waals surface area contributed by atoms with Gasteiger partial charge in [0, 0.05) is 0 Å². The molecule has 1 aliphatic rings. The number of nitrogens with one attached hydrogen (secondary N) is 1. The fourth-order valence-corrected chi connectivity index (χ4v) is 4.41. The summed E-state index contributed by atoms with van der Waals surface area (Å²) in [6, 6.07) is 10.1. The summed E-state index contributed by atoms with van der Waals surface area (Å²) >= 11 is 12.0. The van der Waals surface area contributed by atoms with Gasteiger partial charge >= 0.3 is 5.97 Å². The Balaban J connectivity index is 1.56. The second-order valence-electron chi connectivity index (χ2n) is 8.18. The number of H-pyrrole nitrogens is 1. The van der Waals surface area contributed by atoms with Gasteiger partial charge in [0.1, 0.15) is 11.4 Å². The molecule has 0 atom stereocenters. The molecule has 0 bridgehead atoms. The number of azo groups is 1. The number of aliphatic carboxylic acids is 1. The van der Waals surface area contributed by atoms with Gasteiger partial charge in [0.15, 0.2) is 5.69 Å². The third kappa shape index (κ3) is 5.01. The quantitative estimate of drug-likeness (QED) is 0.400. The zero-order chi connectivity index (χ0) is 24.4. The molecule has 3 N–H and O–H groups in total. The Morgan fingerprint density at radius 1 is 1.15 bits per heavy atom. The van der Waals surface area contributed by atoms with Gasteiger partial charge < -0.3 is 10.2 Å². The summed E-state index contributed by atoms with van der Waals surface area (Å²) in [5.74, 6) is -0.746. The fraction of sp³-hybridized carbons (Fsp3) is 0.304. The summed E-state index contributed by atoms with van der Waals surface area (Å²) in [4.78, 5) is 25.7. The van der Waals surface area contributed by atoms with E-state index in [-0.39, 0.29) is 29.6 Å². The molecule has 34 heavy (non-hydrogen) atoms. The van der Waals surface area contributed by atoms with E-state index in [1.165, 1.54) is 4.68 Å². The Hall–Kier alpha value is -3.14. The molecule has 0 amide bonds. The minimum Gasteiger partial charge on any atom is -0.505 e. The molecule has 2 heterocycles. The molecule has 0 spiro atoms. The summed E-state index contributed by atoms with van der Waals surface area (Å²) in [7, 11) is 0. The average Bonchev–Trinajstić information content (AvgIpc) is 3.08. The van der Waals surface area contributed by atoms with Crippen LogP contribution < -0.4 is 5.56 Å². The van der Waals surface area contributed by atoms with Crippen LogP contribution >= 0.6 is 23.2 Å². The number of piperidine rings is 1. The van der Waals surface area contributed by atoms with E-state index in [9.17, 15) is 14.7 Å². The Morgan fingerprint density at radius 3 is 2.56 bits per heavy atom. The lowest BCUT2D eigenvalue weighted by atomic mass is 9.88. The number of carboxylic acids is 1. The molecule has 1 fully saturated rings. The van der Waals surface area contributed by atoms with Crippen LogP contribution in [-0.2, 0) is 4.79 Å². The Labute approximate surface area is 205 Å². The van der Waals surface area contributed by atoms with Crippen LogP contribution in [0.2, 0.25) is 10.0 Å². The topological polar surface area (TPSA) is 123 Å². The normalized spacial score (nSPS) is 15.3. The maximum Gasteiger partial charge on any atom is 0.317 e. The third-order valence-electron chi connectivity index (χ3n) is 5.89. The smallest absolute Gasteiger partial charge is 0.317 e. The number of hydrogen-bond acceptors (Lipinski definition) is 6. The molecule has 1 aromatic heterocycles. The predicted octanol–water partition coefficient (Wildman–Crippen LogP) is 5.17. The number of aromatic amines is 1. The summed E-state index contributed by atoms with van der Waals surface area (Å²) in [6.45, 7) is 2.99. The molecule has 178 valence electrons. The van der Waals surface area contributed by atoms with Gasteiger partial charge in [-0.25, -0.2) is 4.68 Å². The number of rotatable bonds is 6. The Kier molecular flexibility index (Phi) is 7.06. The number of aromatic hydroxyl groups is 1. The van der Waals surface area contributed by atoms with E-state index in [0.717, 1.165) is 18.4 Å². The first-order valence-electron chi connectivity index (χ1n) is 10.7. The van der Waals surface area contributed by atoms with Crippen LogP contribution in [0.25, 0.3) is 5.69 Å². The number of nitrogens with zero attached hydrogens (tertiary/aromatic N) is 4. The predicted molar refractivity (Wildman–Crippen MR) is 129 cm³/mol. The van der Waals surface area contributed by atoms with Crippen LogP contribution in [0.4, 0.5) is 11.4 Å². The first-order valence-corrected chi connectivity index (χ1v) is 11.4. The van der Waals surface area contributed by atoms with Gasteiger partial charge in [-0.1, -0.05) is 35.3 Å². The molecule has 4 rings (SSSR count). The van der Waals surface area contributed by atoms with Gasteiger partial charge in [-0.2, -0.15) is 0 Å². The molecular formula is C23H23Cl2N5O4. The first kappa shape index (κ1) is 24.0. The standard InChI is InChI=1S/C23H23Cl2N5O4/c1-13-21(23(34)30(28-13)15-5-6-17(24)18(25)11-15)27-26-19-4-2-3-16(22(19)33)14-7-9-29(10-8-14)12-20(31)32/h2-6,11,14,28,33H,7-10,12H2,1H3,(H,31,32). The van der Waals surface area contributed by atoms with E-state index in [4.69, 9.17) is 28.3 Å². The summed E-state index contributed by atoms with van der Waals surface area (Å²) in [5, 5.41) is 31.7. The number of likely N-dealkylation sites (tertiary alicyclic amines) is 1. The van der Waals surface area contributed by atoms with Crippen molar-refractivity contribution in [2.24, 2.45) is 10.2 Å². The van der Waals surface area contributed by atoms with Gasteiger partial charge in [0.25, 0.3) is 5.56 Å². The van der Waals surface area contributed by atoms with Gasteiger partial charge in [-0.05, 0) is 68.6 Å². The maximum atomic E-state index is 12.9. The van der Waals surface area contributed by atoms with Gasteiger partial charge in [-0.3, -0.25) is 19.6 Å². The van der Waals surface area contributed by atoms with Crippen molar-refractivity contribution in [2.45, 2.75) is 25.7 Å². The van der Waals surface area contributed by atoms with Gasteiger partial charge in [-0.15, -0.1) is 10.2 Å². The van der Waals surface area contributed by atoms with Crippen LogP contribution in [0.15, 0.2) is 51.4 Å². The number of hydrogen-bond donors (Lipinski definition) is 3. The highest BCUT2D eigenvalue weighted by atomic mass is 35.5. The molecule has 9 nitrogen and oxygen atoms in total. The number of carbonyl (C=O) groups is 1. The van der Waals surface area contributed by atoms with Crippen LogP contribution in [0, 0.1) is 6.92 Å². The lowest BCUT2D eigenvalue weighted by Crippen LogP contribution is -2.36. The van der Waals surface area contributed by atoms with Crippen molar-refractivity contribution in [1.29, 1.82) is 0 Å². The SMILES string of the molecule is Cc1[nH]n(-c2ccc(Cl)c(Cl)c2)c(=O)c1N=Nc1cccc(C2CCN(CC(=O)O)CC2)c1O. The van der Waals surface area contributed by atoms with Crippen molar-refractivity contribution in [3.8, 4) is 11.4 Å². The molecule has 1 aliphatic heterocycles. The number of phenols is 1. The fourth-order valence-electron chi connectivity index (χ4n) is 4.12. The molecule has 3 aromatic rings. The summed E-state index contributed by atoms with van der Waals surface area (Å²) < 4.78 is 1.30. The van der Waals surface area contributed by atoms with Crippen molar-refractivity contribution in [3.05, 3.63) is 68.1 Å². The van der Waals surface area contributed by atoms with Crippen LogP contribution in [0.3, 0.4) is 0 Å². The second-order valence-corrected chi connectivity index (χ2v) is 9.00. The highest BCUT2D eigenvalue weighted by Gasteiger charge is 2.24. The largest absolute Gasteiger partial charge is 0.505 e. The number of halogens is 2. The number of carboxylic acid groups (broad SMARTS) is 1. The third-order valence-corrected chi connectivity index (χ3v) is 6.63. The zero-order valence-corrected chi connectivity index (χ0v) is 19.8. The van der Waals surface area contributed by atoms with E-state index >= 15 is 0 Å². The van der Waals surface area contributed by atoms with Crippen molar-refractivity contribution in [1.82, 2.24) is 14.7 Å². The number of aryl methyl sites for hydroxylation is 1. The number of aromatic nitrogens is 2. The van der Waals surface area contributed by atoms with Crippen molar-refractivity contribution < 1.29 is 15.0 Å². The highest BCUT2D eigenvalue weighted by molar-refractivity contribution is 6.42. The minimum atomic E-state index is -0.845. The van der Waals surface area contributed by atoms with Crippen molar-refractivity contribution in [3.63, 3.8) is 0 Å². The van der Waals surface area contributed by atoms with Crippen LogP contribution in [0.5, 0.6) is 5.75 Å². The van der Waals surface area contributed by atoms with E-state index < -0.39 is 11.5 Å². The van der Waals surface area contributed by atoms with E-state index in [0.29, 0.717) is 34.5 Å². The molecule has 0 aliphatic carbocycles. The van der Waals surface area contributed by atoms with E-state index in [1.54, 1.807) is 37.3 Å². The highest BCUT2D eigenvalue weighted by Crippen LogP contribution is 2.39. The van der Waals surface area contributed by atoms with E-state index in [1.807, 2.05) is 11.0 Å². The lowest BCUT2D eigenvalue weighted by Gasteiger charge is -2.31. The molecule has 0 radical (unpaired) electrons. The number of phenolic OH excluding ortho intramolecular Hbond substituents is 1. The Morgan fingerprint density at radius 2 is 1.88 bits per heavy atom. The summed E-state index contributed by atoms with van der Waals surface area (Å²) in [5.41, 5.74) is 1.69. The summed E-state index contributed by atoms with van der Waals surface area (Å²) in [6.07, 6.45) is 1.46. The first-order chi connectivity index (χ1) is 16.2. The monoisotopic (exact) mass is 503 g/mol. The van der Waals surface area contributed by atoms with Crippen LogP contribution in [0.1, 0.15) is 30.0 Å². The molecule has 0 unspecified atom stereocenters. The van der Waals surface area contributed by atoms with Gasteiger partial charge in [0.2, 0.25) is 0 Å². The molecule has 2 aromatic carbocycles. The minimum absolute atomic E-state index is 0.0148. The van der Waals surface area contributed by atoms with Gasteiger partial charge in [0.05, 0.1) is 28.0 Å². The molecule has 1 saturated heterocycles. The second kappa shape index (κ2) is 10.0. The molecule has 11 heteroatoms. The Bertz CT molecular complexity index is 1310. The lowest BCUT2D eigenvalue weighted by molar-refractivity contribution is -0.138. The zero-order valence-electron chi connectivity index (χ0n) is 18.3. The molecular weight excluding hydrogens is 481 g/mol. The maximum absolute atomic E-state index is 12.9. The molecule has 0 saturated carbocycles. The number of benzene rings is 2. The average molecular weight is 504 g/mol. The van der Waals surface area contributed by atoms with Crippen molar-refractivity contribution >= 4 is 40.5 Å².